The van der Waals surface area contributed by atoms with Gasteiger partial charge in [0.05, 0.1) is 12.5 Å². The number of hydrogen-bond acceptors (Lipinski definition) is 2. The van der Waals surface area contributed by atoms with Gasteiger partial charge in [-0.05, 0) is 49.4 Å². The summed E-state index contributed by atoms with van der Waals surface area (Å²) in [5.74, 6) is 1.48. The van der Waals surface area contributed by atoms with Crippen LogP contribution < -0.4 is 4.74 Å². The first kappa shape index (κ1) is 18.0. The SMILES string of the molecule is CCCCC(CC)COc1cc(C)c(C(=O)CCl)cc1C. The number of ketones is 1. The van der Waals surface area contributed by atoms with Gasteiger partial charge in [-0.1, -0.05) is 33.1 Å². The molecule has 1 aromatic carbocycles. The highest BCUT2D eigenvalue weighted by Crippen LogP contribution is 2.25. The number of halogens is 1. The maximum absolute atomic E-state index is 11.8. The lowest BCUT2D eigenvalue weighted by Crippen LogP contribution is -2.12. The van der Waals surface area contributed by atoms with E-state index in [0.29, 0.717) is 11.5 Å². The lowest BCUT2D eigenvalue weighted by Gasteiger charge is -2.18. The van der Waals surface area contributed by atoms with Gasteiger partial charge in [-0.3, -0.25) is 4.79 Å². The predicted molar refractivity (Wildman–Crippen MR) is 89.8 cm³/mol. The van der Waals surface area contributed by atoms with Gasteiger partial charge in [-0.25, -0.2) is 0 Å². The molecular formula is C18H27ClO2. The summed E-state index contributed by atoms with van der Waals surface area (Å²) in [6.07, 6.45) is 4.83. The van der Waals surface area contributed by atoms with E-state index in [-0.39, 0.29) is 11.7 Å². The van der Waals surface area contributed by atoms with Crippen molar-refractivity contribution < 1.29 is 9.53 Å². The molecule has 0 heterocycles. The summed E-state index contributed by atoms with van der Waals surface area (Å²) in [6.45, 7) is 9.09. The number of carbonyl (C=O) groups excluding carboxylic acids is 1. The average molecular weight is 311 g/mol. The van der Waals surface area contributed by atoms with Crippen LogP contribution in [0, 0.1) is 19.8 Å². The molecule has 0 fully saturated rings. The second-order valence-electron chi connectivity index (χ2n) is 5.72. The molecule has 0 N–H and O–H groups in total. The Balaban J connectivity index is 2.76. The van der Waals surface area contributed by atoms with E-state index in [2.05, 4.69) is 13.8 Å². The third-order valence-corrected chi connectivity index (χ3v) is 4.20. The summed E-state index contributed by atoms with van der Waals surface area (Å²) in [4.78, 5) is 11.8. The zero-order chi connectivity index (χ0) is 15.8. The van der Waals surface area contributed by atoms with Gasteiger partial charge in [-0.15, -0.1) is 11.6 Å². The van der Waals surface area contributed by atoms with E-state index in [0.717, 1.165) is 29.9 Å². The summed E-state index contributed by atoms with van der Waals surface area (Å²) < 4.78 is 5.99. The number of rotatable bonds is 9. The van der Waals surface area contributed by atoms with Crippen molar-refractivity contribution in [3.05, 3.63) is 28.8 Å². The van der Waals surface area contributed by atoms with Crippen LogP contribution in [0.5, 0.6) is 5.75 Å². The molecule has 0 aliphatic heterocycles. The monoisotopic (exact) mass is 310 g/mol. The maximum Gasteiger partial charge on any atom is 0.177 e. The molecule has 0 aliphatic rings. The van der Waals surface area contributed by atoms with Gasteiger partial charge in [0, 0.05) is 5.56 Å². The van der Waals surface area contributed by atoms with Gasteiger partial charge in [0.15, 0.2) is 5.78 Å². The van der Waals surface area contributed by atoms with Crippen LogP contribution >= 0.6 is 11.6 Å². The highest BCUT2D eigenvalue weighted by Gasteiger charge is 2.13. The fourth-order valence-electron chi connectivity index (χ4n) is 2.42. The number of carbonyl (C=O) groups is 1. The smallest absolute Gasteiger partial charge is 0.177 e. The zero-order valence-electron chi connectivity index (χ0n) is 13.7. The van der Waals surface area contributed by atoms with Crippen LogP contribution in [0.3, 0.4) is 0 Å². The Hall–Kier alpha value is -1.02. The van der Waals surface area contributed by atoms with Gasteiger partial charge >= 0.3 is 0 Å². The third kappa shape index (κ3) is 5.35. The fraction of sp³-hybridized carbons (Fsp3) is 0.611. The van der Waals surface area contributed by atoms with Crippen LogP contribution in [0.1, 0.15) is 61.0 Å². The predicted octanol–water partition coefficient (Wildman–Crippen LogP) is 5.32. The number of Topliss-reactive ketones (excluding diaryl/α,β-unsaturated/α-hetero) is 1. The lowest BCUT2D eigenvalue weighted by molar-refractivity contribution is 0.102. The number of benzene rings is 1. The molecule has 0 bridgehead atoms. The van der Waals surface area contributed by atoms with Crippen LogP contribution in [0.25, 0.3) is 0 Å². The summed E-state index contributed by atoms with van der Waals surface area (Å²) >= 11 is 5.64. The molecule has 2 nitrogen and oxygen atoms in total. The van der Waals surface area contributed by atoms with Crippen LogP contribution in [0.15, 0.2) is 12.1 Å². The molecule has 0 saturated heterocycles. The van der Waals surface area contributed by atoms with Crippen LogP contribution in [0.2, 0.25) is 0 Å². The molecule has 1 unspecified atom stereocenters. The van der Waals surface area contributed by atoms with Crippen molar-refractivity contribution >= 4 is 17.4 Å². The normalized spacial score (nSPS) is 12.2. The van der Waals surface area contributed by atoms with E-state index < -0.39 is 0 Å². The molecule has 3 heteroatoms. The molecule has 1 atom stereocenters. The number of hydrogen-bond donors (Lipinski definition) is 0. The Morgan fingerprint density at radius 2 is 1.95 bits per heavy atom. The van der Waals surface area contributed by atoms with Crippen molar-refractivity contribution in [3.8, 4) is 5.75 Å². The Morgan fingerprint density at radius 1 is 1.24 bits per heavy atom. The topological polar surface area (TPSA) is 26.3 Å². The van der Waals surface area contributed by atoms with E-state index >= 15 is 0 Å². The minimum atomic E-state index is -0.0294. The maximum atomic E-state index is 11.8. The van der Waals surface area contributed by atoms with Crippen LogP contribution in [-0.4, -0.2) is 18.3 Å². The second kappa shape index (κ2) is 9.09. The van der Waals surface area contributed by atoms with Crippen molar-refractivity contribution in [1.29, 1.82) is 0 Å². The van der Waals surface area contributed by atoms with Gasteiger partial charge in [-0.2, -0.15) is 0 Å². The van der Waals surface area contributed by atoms with Gasteiger partial charge in [0.1, 0.15) is 5.75 Å². The van der Waals surface area contributed by atoms with Crippen LogP contribution in [0.4, 0.5) is 0 Å². The van der Waals surface area contributed by atoms with E-state index in [9.17, 15) is 4.79 Å². The van der Waals surface area contributed by atoms with Crippen LogP contribution in [-0.2, 0) is 0 Å². The highest BCUT2D eigenvalue weighted by atomic mass is 35.5. The van der Waals surface area contributed by atoms with Gasteiger partial charge in [0.2, 0.25) is 0 Å². The second-order valence-corrected chi connectivity index (χ2v) is 5.98. The van der Waals surface area contributed by atoms with Gasteiger partial charge in [0.25, 0.3) is 0 Å². The Labute approximate surface area is 133 Å². The van der Waals surface area contributed by atoms with Crippen molar-refractivity contribution in [3.63, 3.8) is 0 Å². The molecular weight excluding hydrogens is 284 g/mol. The average Bonchev–Trinajstić information content (AvgIpc) is 2.49. The summed E-state index contributed by atoms with van der Waals surface area (Å²) in [6, 6.07) is 3.85. The number of aryl methyl sites for hydroxylation is 2. The Kier molecular flexibility index (Phi) is 7.81. The van der Waals surface area contributed by atoms with Crippen molar-refractivity contribution in [2.75, 3.05) is 12.5 Å². The molecule has 0 spiro atoms. The zero-order valence-corrected chi connectivity index (χ0v) is 14.4. The molecule has 1 rings (SSSR count). The summed E-state index contributed by atoms with van der Waals surface area (Å²) in [5.41, 5.74) is 2.63. The fourth-order valence-corrected chi connectivity index (χ4v) is 2.57. The summed E-state index contributed by atoms with van der Waals surface area (Å²) in [5, 5.41) is 0. The Bertz CT molecular complexity index is 469. The first-order valence-electron chi connectivity index (χ1n) is 7.86. The summed E-state index contributed by atoms with van der Waals surface area (Å²) in [7, 11) is 0. The number of unbranched alkanes of at least 4 members (excludes halogenated alkanes) is 1. The Morgan fingerprint density at radius 3 is 2.52 bits per heavy atom. The highest BCUT2D eigenvalue weighted by molar-refractivity contribution is 6.30. The van der Waals surface area contributed by atoms with Crippen molar-refractivity contribution in [2.24, 2.45) is 5.92 Å². The van der Waals surface area contributed by atoms with E-state index in [1.54, 1.807) is 0 Å². The largest absolute Gasteiger partial charge is 0.493 e. The first-order valence-corrected chi connectivity index (χ1v) is 8.40. The lowest BCUT2D eigenvalue weighted by atomic mass is 10.00. The number of alkyl halides is 1. The molecule has 0 aliphatic carbocycles. The standard InChI is InChI=1S/C18H27ClO2/c1-5-7-8-15(6-2)12-21-18-10-13(3)16(9-14(18)4)17(20)11-19/h9-10,15H,5-8,11-12H2,1-4H3. The first-order chi connectivity index (χ1) is 10.0. The van der Waals surface area contributed by atoms with Crippen molar-refractivity contribution in [1.82, 2.24) is 0 Å². The molecule has 0 amide bonds. The number of ether oxygens (including phenoxy) is 1. The molecule has 0 aromatic heterocycles. The van der Waals surface area contributed by atoms with Crippen molar-refractivity contribution in [2.45, 2.75) is 53.4 Å². The molecule has 21 heavy (non-hydrogen) atoms. The quantitative estimate of drug-likeness (QED) is 0.456. The molecule has 0 saturated carbocycles. The minimum Gasteiger partial charge on any atom is -0.493 e. The van der Waals surface area contributed by atoms with E-state index in [1.807, 2.05) is 26.0 Å². The molecule has 0 radical (unpaired) electrons. The van der Waals surface area contributed by atoms with Gasteiger partial charge < -0.3 is 4.74 Å². The third-order valence-electron chi connectivity index (χ3n) is 3.96. The molecule has 118 valence electrons. The van der Waals surface area contributed by atoms with E-state index in [4.69, 9.17) is 16.3 Å². The minimum absolute atomic E-state index is 0.0232. The molecule has 1 aromatic rings. The van der Waals surface area contributed by atoms with E-state index in [1.165, 1.54) is 19.3 Å².